The molecule has 0 fully saturated rings. The summed E-state index contributed by atoms with van der Waals surface area (Å²) in [7, 11) is 2.00. The van der Waals surface area contributed by atoms with E-state index in [2.05, 4.69) is 40.9 Å². The van der Waals surface area contributed by atoms with Crippen LogP contribution in [0.5, 0.6) is 0 Å². The van der Waals surface area contributed by atoms with Crippen molar-refractivity contribution in [2.75, 3.05) is 0 Å². The van der Waals surface area contributed by atoms with E-state index in [-0.39, 0.29) is 0 Å². The Morgan fingerprint density at radius 1 is 1.50 bits per heavy atom. The molecule has 4 heteroatoms. The third-order valence-electron chi connectivity index (χ3n) is 3.09. The molecule has 0 bridgehead atoms. The molecule has 2 aromatic heterocycles. The van der Waals surface area contributed by atoms with Gasteiger partial charge in [0.15, 0.2) is 0 Å². The van der Waals surface area contributed by atoms with Crippen molar-refractivity contribution in [1.29, 1.82) is 0 Å². The van der Waals surface area contributed by atoms with Gasteiger partial charge in [0.1, 0.15) is 0 Å². The minimum atomic E-state index is 0.463. The van der Waals surface area contributed by atoms with Crippen molar-refractivity contribution in [3.8, 4) is 0 Å². The second-order valence-electron chi connectivity index (χ2n) is 4.64. The van der Waals surface area contributed by atoms with E-state index in [0.717, 1.165) is 12.2 Å². The summed E-state index contributed by atoms with van der Waals surface area (Å²) in [5.74, 6) is 0. The molecule has 0 aliphatic rings. The molecule has 2 aromatic rings. The monoisotopic (exact) mass is 263 g/mol. The number of hydrogen-bond acceptors (Lipinski definition) is 3. The molecule has 2 rings (SSSR count). The average molecular weight is 263 g/mol. The van der Waals surface area contributed by atoms with Gasteiger partial charge in [-0.15, -0.1) is 11.3 Å². The number of thiophene rings is 1. The molecule has 0 spiro atoms. The van der Waals surface area contributed by atoms with Gasteiger partial charge in [-0.2, -0.15) is 5.10 Å². The second-order valence-corrected chi connectivity index (χ2v) is 5.62. The third-order valence-corrected chi connectivity index (χ3v) is 4.08. The lowest BCUT2D eigenvalue weighted by Crippen LogP contribution is -2.21. The van der Waals surface area contributed by atoms with E-state index in [9.17, 15) is 0 Å². The Bertz CT molecular complexity index is 473. The lowest BCUT2D eigenvalue weighted by atomic mass is 10.1. The first kappa shape index (κ1) is 13.3. The number of rotatable bonds is 6. The number of nitrogens with zero attached hydrogens (tertiary/aromatic N) is 2. The van der Waals surface area contributed by atoms with Crippen LogP contribution in [0.4, 0.5) is 0 Å². The van der Waals surface area contributed by atoms with Crippen LogP contribution < -0.4 is 5.32 Å². The summed E-state index contributed by atoms with van der Waals surface area (Å²) in [6.45, 7) is 5.14. The summed E-state index contributed by atoms with van der Waals surface area (Å²) >= 11 is 1.83. The van der Waals surface area contributed by atoms with Gasteiger partial charge in [-0.3, -0.25) is 4.68 Å². The molecule has 0 aliphatic carbocycles. The first-order valence-corrected chi connectivity index (χ1v) is 7.35. The van der Waals surface area contributed by atoms with Crippen LogP contribution in [0.15, 0.2) is 23.6 Å². The molecule has 0 saturated carbocycles. The fourth-order valence-corrected chi connectivity index (χ4v) is 3.02. The van der Waals surface area contributed by atoms with Crippen molar-refractivity contribution >= 4 is 11.3 Å². The normalized spacial score (nSPS) is 12.8. The fraction of sp³-hybridized carbons (Fsp3) is 0.500. The highest BCUT2D eigenvalue weighted by Crippen LogP contribution is 2.23. The Morgan fingerprint density at radius 2 is 2.33 bits per heavy atom. The molecule has 18 heavy (non-hydrogen) atoms. The summed E-state index contributed by atoms with van der Waals surface area (Å²) in [5.41, 5.74) is 2.32. The zero-order valence-corrected chi connectivity index (χ0v) is 12.1. The molecular weight excluding hydrogens is 242 g/mol. The zero-order chi connectivity index (χ0) is 13.0. The van der Waals surface area contributed by atoms with E-state index in [1.807, 2.05) is 30.0 Å². The summed E-state index contributed by atoms with van der Waals surface area (Å²) in [6, 6.07) is 6.94. The summed E-state index contributed by atoms with van der Waals surface area (Å²) in [4.78, 5) is 1.43. The minimum Gasteiger partial charge on any atom is -0.304 e. The summed E-state index contributed by atoms with van der Waals surface area (Å²) in [6.07, 6.45) is 2.37. The van der Waals surface area contributed by atoms with E-state index < -0.39 is 0 Å². The molecule has 1 atom stereocenters. The summed E-state index contributed by atoms with van der Waals surface area (Å²) in [5, 5.41) is 10.2. The van der Waals surface area contributed by atoms with Gasteiger partial charge in [0.25, 0.3) is 0 Å². The molecule has 2 heterocycles. The van der Waals surface area contributed by atoms with Crippen LogP contribution in [0.1, 0.15) is 42.1 Å². The Morgan fingerprint density at radius 3 is 2.89 bits per heavy atom. The lowest BCUT2D eigenvalue weighted by Gasteiger charge is -2.16. The van der Waals surface area contributed by atoms with Gasteiger partial charge >= 0.3 is 0 Å². The van der Waals surface area contributed by atoms with Crippen LogP contribution >= 0.6 is 11.3 Å². The number of nitrogens with one attached hydrogen (secondary N) is 1. The van der Waals surface area contributed by atoms with Gasteiger partial charge in [0.2, 0.25) is 0 Å². The Labute approximate surface area is 113 Å². The highest BCUT2D eigenvalue weighted by atomic mass is 32.1. The predicted molar refractivity (Wildman–Crippen MR) is 76.8 cm³/mol. The van der Waals surface area contributed by atoms with Crippen LogP contribution in [0.25, 0.3) is 0 Å². The Kier molecular flexibility index (Phi) is 4.55. The number of hydrogen-bond donors (Lipinski definition) is 1. The first-order valence-electron chi connectivity index (χ1n) is 6.47. The molecular formula is C14H21N3S. The van der Waals surface area contributed by atoms with Gasteiger partial charge in [0, 0.05) is 24.5 Å². The molecule has 3 nitrogen and oxygen atoms in total. The molecule has 98 valence electrons. The summed E-state index contributed by atoms with van der Waals surface area (Å²) < 4.78 is 1.96. The van der Waals surface area contributed by atoms with Crippen molar-refractivity contribution in [2.24, 2.45) is 7.05 Å². The smallest absolute Gasteiger partial charge is 0.0597 e. The van der Waals surface area contributed by atoms with Crippen LogP contribution in [0.2, 0.25) is 0 Å². The van der Waals surface area contributed by atoms with Crippen LogP contribution in [-0.2, 0) is 13.6 Å². The molecule has 0 aliphatic heterocycles. The molecule has 0 aromatic carbocycles. The van der Waals surface area contributed by atoms with E-state index in [1.54, 1.807) is 0 Å². The fourth-order valence-electron chi connectivity index (χ4n) is 2.18. The van der Waals surface area contributed by atoms with Crippen LogP contribution in [-0.4, -0.2) is 9.78 Å². The van der Waals surface area contributed by atoms with Crippen molar-refractivity contribution in [1.82, 2.24) is 15.1 Å². The van der Waals surface area contributed by atoms with Crippen molar-refractivity contribution in [2.45, 2.75) is 39.3 Å². The van der Waals surface area contributed by atoms with Crippen molar-refractivity contribution in [3.63, 3.8) is 0 Å². The van der Waals surface area contributed by atoms with Crippen molar-refractivity contribution in [3.05, 3.63) is 39.8 Å². The number of aryl methyl sites for hydroxylation is 2. The SMILES string of the molecule is CCCC(NCc1cc(C)nn1C)c1cccs1. The van der Waals surface area contributed by atoms with E-state index in [0.29, 0.717) is 6.04 Å². The molecule has 1 N–H and O–H groups in total. The second kappa shape index (κ2) is 6.16. The number of aromatic nitrogens is 2. The third kappa shape index (κ3) is 3.21. The highest BCUT2D eigenvalue weighted by Gasteiger charge is 2.12. The maximum atomic E-state index is 4.38. The maximum absolute atomic E-state index is 4.38. The predicted octanol–water partition coefficient (Wildman–Crippen LogP) is 3.42. The average Bonchev–Trinajstić information content (AvgIpc) is 2.95. The van der Waals surface area contributed by atoms with Gasteiger partial charge in [-0.05, 0) is 30.9 Å². The van der Waals surface area contributed by atoms with Crippen molar-refractivity contribution < 1.29 is 0 Å². The standard InChI is InChI=1S/C14H21N3S/c1-4-6-13(14-7-5-8-18-14)15-10-12-9-11(2)16-17(12)3/h5,7-9,13,15H,4,6,10H2,1-3H3. The first-order chi connectivity index (χ1) is 8.70. The van der Waals surface area contributed by atoms with Gasteiger partial charge < -0.3 is 5.32 Å². The van der Waals surface area contributed by atoms with E-state index in [1.165, 1.54) is 23.4 Å². The zero-order valence-electron chi connectivity index (χ0n) is 11.3. The Hall–Kier alpha value is -1.13. The lowest BCUT2D eigenvalue weighted by molar-refractivity contribution is 0.487. The minimum absolute atomic E-state index is 0.463. The molecule has 1 unspecified atom stereocenters. The van der Waals surface area contributed by atoms with Gasteiger partial charge in [-0.25, -0.2) is 0 Å². The maximum Gasteiger partial charge on any atom is 0.0597 e. The van der Waals surface area contributed by atoms with Crippen LogP contribution in [0, 0.1) is 6.92 Å². The van der Waals surface area contributed by atoms with E-state index in [4.69, 9.17) is 0 Å². The highest BCUT2D eigenvalue weighted by molar-refractivity contribution is 7.10. The quantitative estimate of drug-likeness (QED) is 0.865. The topological polar surface area (TPSA) is 29.9 Å². The van der Waals surface area contributed by atoms with Gasteiger partial charge in [-0.1, -0.05) is 19.4 Å². The van der Waals surface area contributed by atoms with Gasteiger partial charge in [0.05, 0.1) is 11.4 Å². The molecule has 0 radical (unpaired) electrons. The molecule has 0 saturated heterocycles. The van der Waals surface area contributed by atoms with E-state index >= 15 is 0 Å². The Balaban J connectivity index is 2.00. The largest absolute Gasteiger partial charge is 0.304 e. The van der Waals surface area contributed by atoms with Crippen LogP contribution in [0.3, 0.4) is 0 Å². The molecule has 0 amide bonds.